The average Bonchev–Trinajstić information content (AvgIpc) is 2.94. The van der Waals surface area contributed by atoms with E-state index < -0.39 is 0 Å². The molecule has 2 aliphatic heterocycles. The van der Waals surface area contributed by atoms with E-state index in [4.69, 9.17) is 23.2 Å². The molecule has 2 atom stereocenters. The van der Waals surface area contributed by atoms with Crippen molar-refractivity contribution >= 4 is 41.1 Å². The van der Waals surface area contributed by atoms with Crippen molar-refractivity contribution in [1.82, 2.24) is 4.90 Å². The van der Waals surface area contributed by atoms with Crippen molar-refractivity contribution in [2.45, 2.75) is 24.9 Å². The summed E-state index contributed by atoms with van der Waals surface area (Å²) in [6, 6.07) is 15.6. The van der Waals surface area contributed by atoms with Gasteiger partial charge >= 0.3 is 0 Å². The van der Waals surface area contributed by atoms with Crippen LogP contribution in [0.2, 0.25) is 10.0 Å². The number of carbonyl (C=O) groups is 1. The van der Waals surface area contributed by atoms with Crippen molar-refractivity contribution in [3.63, 3.8) is 0 Å². The lowest BCUT2D eigenvalue weighted by Gasteiger charge is -2.34. The number of fused-ring (bicyclic) bond motifs is 2. The third-order valence-corrected chi connectivity index (χ3v) is 6.06. The van der Waals surface area contributed by atoms with E-state index in [0.717, 1.165) is 35.1 Å². The minimum absolute atomic E-state index is 0.107. The van der Waals surface area contributed by atoms with Crippen LogP contribution in [0.1, 0.15) is 24.0 Å². The number of carbonyl (C=O) groups excluding carboxylic acids is 1. The van der Waals surface area contributed by atoms with Crippen molar-refractivity contribution in [3.05, 3.63) is 80.8 Å². The van der Waals surface area contributed by atoms with Crippen LogP contribution in [-0.2, 0) is 4.79 Å². The Morgan fingerprint density at radius 3 is 1.69 bits per heavy atom. The third-order valence-electron chi connectivity index (χ3n) is 5.37. The van der Waals surface area contributed by atoms with Crippen LogP contribution in [0.15, 0.2) is 59.7 Å². The molecule has 2 fully saturated rings. The molecule has 2 saturated heterocycles. The largest absolute Gasteiger partial charge is 0.292 e. The van der Waals surface area contributed by atoms with E-state index in [-0.39, 0.29) is 17.9 Å². The number of likely N-dealkylation sites (N-methyl/N-ethyl adjacent to an activating group) is 1. The van der Waals surface area contributed by atoms with Crippen LogP contribution in [0.5, 0.6) is 0 Å². The van der Waals surface area contributed by atoms with E-state index in [9.17, 15) is 4.79 Å². The van der Waals surface area contributed by atoms with E-state index in [2.05, 4.69) is 11.9 Å². The second-order valence-electron chi connectivity index (χ2n) is 6.85. The van der Waals surface area contributed by atoms with Crippen molar-refractivity contribution < 1.29 is 4.79 Å². The summed E-state index contributed by atoms with van der Waals surface area (Å²) in [6.45, 7) is 0. The van der Waals surface area contributed by atoms with E-state index in [0.29, 0.717) is 10.0 Å². The van der Waals surface area contributed by atoms with Gasteiger partial charge in [-0.25, -0.2) is 0 Å². The van der Waals surface area contributed by atoms with E-state index in [1.807, 2.05) is 60.7 Å². The fraction of sp³-hybridized carbons (Fsp3) is 0.227. The fourth-order valence-electron chi connectivity index (χ4n) is 4.00. The van der Waals surface area contributed by atoms with Gasteiger partial charge < -0.3 is 0 Å². The summed E-state index contributed by atoms with van der Waals surface area (Å²) in [6.07, 6.45) is 5.85. The summed E-state index contributed by atoms with van der Waals surface area (Å²) in [5, 5.41) is 1.32. The first-order valence-corrected chi connectivity index (χ1v) is 9.50. The standard InChI is InChI=1S/C22H19Cl2NO/c1-25-20-10-11-21(25)17(13-15-7-3-5-9-19(15)24)22(26)16(20)12-14-6-2-4-8-18(14)23/h2-9,12-13,20-21H,10-11H2,1H3/b16-12-,17-13+/t20-,21+/m0/s1. The molecule has 0 N–H and O–H groups in total. The highest BCUT2D eigenvalue weighted by Gasteiger charge is 2.44. The molecule has 4 rings (SSSR count). The smallest absolute Gasteiger partial charge is 0.188 e. The predicted molar refractivity (Wildman–Crippen MR) is 108 cm³/mol. The summed E-state index contributed by atoms with van der Waals surface area (Å²) in [4.78, 5) is 15.6. The van der Waals surface area contributed by atoms with Gasteiger partial charge in [0.05, 0.1) is 0 Å². The summed E-state index contributed by atoms with van der Waals surface area (Å²) >= 11 is 12.6. The van der Waals surface area contributed by atoms with Crippen LogP contribution in [-0.4, -0.2) is 29.8 Å². The number of piperidine rings is 1. The average molecular weight is 384 g/mol. The van der Waals surface area contributed by atoms with Crippen molar-refractivity contribution in [2.75, 3.05) is 7.05 Å². The Bertz CT molecular complexity index is 858. The molecule has 0 saturated carbocycles. The number of nitrogens with zero attached hydrogens (tertiary/aromatic N) is 1. The molecule has 0 aromatic heterocycles. The second kappa shape index (κ2) is 7.03. The maximum Gasteiger partial charge on any atom is 0.188 e. The number of rotatable bonds is 2. The highest BCUT2D eigenvalue weighted by atomic mass is 35.5. The Labute approximate surface area is 163 Å². The van der Waals surface area contributed by atoms with E-state index in [1.54, 1.807) is 0 Å². The normalized spacial score (nSPS) is 26.0. The zero-order valence-electron chi connectivity index (χ0n) is 14.5. The van der Waals surface area contributed by atoms with Crippen molar-refractivity contribution in [1.29, 1.82) is 0 Å². The first-order valence-electron chi connectivity index (χ1n) is 8.75. The molecular formula is C22H19Cl2NO. The minimum Gasteiger partial charge on any atom is -0.292 e. The minimum atomic E-state index is 0.107. The molecule has 0 unspecified atom stereocenters. The quantitative estimate of drug-likeness (QED) is 0.637. The maximum absolute atomic E-state index is 13.3. The SMILES string of the molecule is CN1[C@@H]2CC[C@H]1/C(=C/c1ccccc1Cl)C(=O)/C2=C/c1ccccc1Cl. The van der Waals surface area contributed by atoms with Crippen LogP contribution in [0.4, 0.5) is 0 Å². The van der Waals surface area contributed by atoms with Gasteiger partial charge in [0.1, 0.15) is 0 Å². The predicted octanol–water partition coefficient (Wildman–Crippen LogP) is 5.51. The van der Waals surface area contributed by atoms with Crippen LogP contribution >= 0.6 is 23.2 Å². The van der Waals surface area contributed by atoms with Gasteiger partial charge in [0.2, 0.25) is 0 Å². The van der Waals surface area contributed by atoms with Crippen LogP contribution < -0.4 is 0 Å². The summed E-state index contributed by atoms with van der Waals surface area (Å²) in [5.74, 6) is 0.107. The second-order valence-corrected chi connectivity index (χ2v) is 7.66. The lowest BCUT2D eigenvalue weighted by atomic mass is 9.88. The first-order chi connectivity index (χ1) is 12.6. The third kappa shape index (κ3) is 3.03. The maximum atomic E-state index is 13.3. The molecule has 0 radical (unpaired) electrons. The Balaban J connectivity index is 1.81. The number of Topliss-reactive ketones (excluding diaryl/α,β-unsaturated/α-hetero) is 1. The molecule has 4 heteroatoms. The zero-order chi connectivity index (χ0) is 18.3. The molecule has 2 aromatic rings. The van der Waals surface area contributed by atoms with Gasteiger partial charge in [-0.1, -0.05) is 59.6 Å². The molecule has 2 nitrogen and oxygen atoms in total. The lowest BCUT2D eigenvalue weighted by molar-refractivity contribution is -0.114. The van der Waals surface area contributed by atoms with Gasteiger partial charge in [0.15, 0.2) is 5.78 Å². The molecule has 0 spiro atoms. The van der Waals surface area contributed by atoms with Gasteiger partial charge in [0.25, 0.3) is 0 Å². The van der Waals surface area contributed by atoms with Crippen LogP contribution in [0.3, 0.4) is 0 Å². The number of ketones is 1. The molecule has 2 bridgehead atoms. The zero-order valence-corrected chi connectivity index (χ0v) is 16.0. The molecule has 132 valence electrons. The van der Waals surface area contributed by atoms with Crippen LogP contribution in [0, 0.1) is 0 Å². The van der Waals surface area contributed by atoms with Gasteiger partial charge in [-0.3, -0.25) is 9.69 Å². The molecule has 2 aromatic carbocycles. The molecule has 0 aliphatic carbocycles. The summed E-state index contributed by atoms with van der Waals surface area (Å²) < 4.78 is 0. The van der Waals surface area contributed by atoms with Gasteiger partial charge in [0, 0.05) is 33.3 Å². The first kappa shape index (κ1) is 17.5. The molecule has 2 aliphatic rings. The topological polar surface area (TPSA) is 20.3 Å². The molecule has 26 heavy (non-hydrogen) atoms. The Hall–Kier alpha value is -1.87. The van der Waals surface area contributed by atoms with Gasteiger partial charge in [-0.15, -0.1) is 0 Å². The van der Waals surface area contributed by atoms with Crippen molar-refractivity contribution in [3.8, 4) is 0 Å². The monoisotopic (exact) mass is 383 g/mol. The lowest BCUT2D eigenvalue weighted by Crippen LogP contribution is -2.43. The van der Waals surface area contributed by atoms with E-state index >= 15 is 0 Å². The molecular weight excluding hydrogens is 365 g/mol. The summed E-state index contributed by atoms with van der Waals surface area (Å²) in [5.41, 5.74) is 3.39. The Morgan fingerprint density at radius 2 is 1.27 bits per heavy atom. The van der Waals surface area contributed by atoms with Crippen molar-refractivity contribution in [2.24, 2.45) is 0 Å². The summed E-state index contributed by atoms with van der Waals surface area (Å²) in [7, 11) is 2.09. The highest BCUT2D eigenvalue weighted by Crippen LogP contribution is 2.41. The van der Waals surface area contributed by atoms with Gasteiger partial charge in [-0.05, 0) is 55.3 Å². The molecule has 2 heterocycles. The molecule has 0 amide bonds. The Kier molecular flexibility index (Phi) is 4.74. The number of hydrogen-bond donors (Lipinski definition) is 0. The number of halogens is 2. The number of hydrogen-bond acceptors (Lipinski definition) is 2. The fourth-order valence-corrected chi connectivity index (χ4v) is 4.38. The van der Waals surface area contributed by atoms with Gasteiger partial charge in [-0.2, -0.15) is 0 Å². The Morgan fingerprint density at radius 1 is 0.846 bits per heavy atom. The highest BCUT2D eigenvalue weighted by molar-refractivity contribution is 6.33. The number of benzene rings is 2. The van der Waals surface area contributed by atoms with Crippen LogP contribution in [0.25, 0.3) is 12.2 Å². The van der Waals surface area contributed by atoms with E-state index in [1.165, 1.54) is 0 Å².